The van der Waals surface area contributed by atoms with Gasteiger partial charge in [0.1, 0.15) is 6.17 Å². The van der Waals surface area contributed by atoms with Gasteiger partial charge in [-0.3, -0.25) is 4.79 Å². The van der Waals surface area contributed by atoms with Crippen LogP contribution in [0.5, 0.6) is 0 Å². The average molecular weight is 133 g/mol. The van der Waals surface area contributed by atoms with E-state index < -0.39 is 12.4 Å². The lowest BCUT2D eigenvalue weighted by molar-refractivity contribution is -0.129. The average Bonchev–Trinajstić information content (AvgIpc) is 1.80. The largest absolute Gasteiger partial charge is 0.371 e. The van der Waals surface area contributed by atoms with Gasteiger partial charge in [-0.25, -0.2) is 4.39 Å². The van der Waals surface area contributed by atoms with Crippen LogP contribution < -0.4 is 5.32 Å². The first-order valence-corrected chi connectivity index (χ1v) is 2.81. The number of carbonyl (C=O) groups is 1. The lowest BCUT2D eigenvalue weighted by Gasteiger charge is -2.21. The molecule has 0 aliphatic carbocycles. The maximum Gasteiger partial charge on any atom is 0.222 e. The number of alkyl halides is 1. The zero-order chi connectivity index (χ0) is 6.85. The predicted octanol–water partition coefficient (Wildman–Crippen LogP) is -0.447. The molecular weight excluding hydrogens is 125 g/mol. The summed E-state index contributed by atoms with van der Waals surface area (Å²) in [5.41, 5.74) is 0. The molecule has 2 atom stereocenters. The van der Waals surface area contributed by atoms with Crippen LogP contribution in [0.15, 0.2) is 0 Å². The topological polar surface area (TPSA) is 49.3 Å². The fraction of sp³-hybridized carbons (Fsp3) is 0.800. The zero-order valence-corrected chi connectivity index (χ0v) is 4.80. The second-order valence-corrected chi connectivity index (χ2v) is 2.07. The molecule has 0 saturated carbocycles. The Morgan fingerprint density at radius 1 is 1.78 bits per heavy atom. The van der Waals surface area contributed by atoms with Crippen molar-refractivity contribution < 1.29 is 14.3 Å². The lowest BCUT2D eigenvalue weighted by atomic mass is 10.1. The van der Waals surface area contributed by atoms with Crippen LogP contribution in [-0.2, 0) is 4.79 Å². The Labute approximate surface area is 51.9 Å². The second kappa shape index (κ2) is 2.31. The van der Waals surface area contributed by atoms with Crippen LogP contribution in [-0.4, -0.2) is 23.4 Å². The fourth-order valence-corrected chi connectivity index (χ4v) is 0.754. The molecule has 1 saturated heterocycles. The molecule has 0 aromatic rings. The summed E-state index contributed by atoms with van der Waals surface area (Å²) < 4.78 is 12.3. The van der Waals surface area contributed by atoms with Gasteiger partial charge in [0.05, 0.1) is 0 Å². The highest BCUT2D eigenvalue weighted by Crippen LogP contribution is 2.10. The lowest BCUT2D eigenvalue weighted by Crippen LogP contribution is -2.45. The number of amides is 1. The summed E-state index contributed by atoms with van der Waals surface area (Å²) in [7, 11) is 0. The molecule has 4 heteroatoms. The molecule has 0 aromatic heterocycles. The van der Waals surface area contributed by atoms with E-state index in [2.05, 4.69) is 5.32 Å². The van der Waals surface area contributed by atoms with Crippen LogP contribution in [0.25, 0.3) is 0 Å². The molecule has 9 heavy (non-hydrogen) atoms. The van der Waals surface area contributed by atoms with Crippen LogP contribution in [0.1, 0.15) is 12.8 Å². The highest BCUT2D eigenvalue weighted by molar-refractivity contribution is 5.76. The summed E-state index contributed by atoms with van der Waals surface area (Å²) in [5.74, 6) is -0.281. The number of piperidine rings is 1. The summed E-state index contributed by atoms with van der Waals surface area (Å²) in [5, 5.41) is 10.7. The Balaban J connectivity index is 2.44. The van der Waals surface area contributed by atoms with Gasteiger partial charge >= 0.3 is 0 Å². The molecule has 2 N–H and O–H groups in total. The third-order valence-electron chi connectivity index (χ3n) is 1.30. The Morgan fingerprint density at radius 3 is 2.89 bits per heavy atom. The van der Waals surface area contributed by atoms with Gasteiger partial charge in [0.15, 0.2) is 6.23 Å². The van der Waals surface area contributed by atoms with Gasteiger partial charge in [-0.2, -0.15) is 0 Å². The number of aliphatic hydroxyl groups excluding tert-OH is 1. The van der Waals surface area contributed by atoms with Crippen LogP contribution in [0.2, 0.25) is 0 Å². The van der Waals surface area contributed by atoms with Gasteiger partial charge in [-0.05, 0) is 6.42 Å². The zero-order valence-electron chi connectivity index (χ0n) is 4.80. The van der Waals surface area contributed by atoms with Crippen LogP contribution in [0.4, 0.5) is 4.39 Å². The molecule has 0 aromatic carbocycles. The van der Waals surface area contributed by atoms with E-state index in [9.17, 15) is 9.18 Å². The monoisotopic (exact) mass is 133 g/mol. The van der Waals surface area contributed by atoms with Crippen molar-refractivity contribution in [3.05, 3.63) is 0 Å². The number of halogens is 1. The SMILES string of the molecule is O=C1CCC(F)C(O)N1. The number of hydrogen-bond donors (Lipinski definition) is 2. The van der Waals surface area contributed by atoms with E-state index in [1.807, 2.05) is 0 Å². The standard InChI is InChI=1S/C5H8FNO2/c6-3-1-2-4(8)7-5(3)9/h3,5,9H,1-2H2,(H,7,8). The van der Waals surface area contributed by atoms with Gasteiger partial charge in [0, 0.05) is 6.42 Å². The molecule has 1 rings (SSSR count). The van der Waals surface area contributed by atoms with E-state index in [1.165, 1.54) is 0 Å². The second-order valence-electron chi connectivity index (χ2n) is 2.07. The highest BCUT2D eigenvalue weighted by Gasteiger charge is 2.25. The van der Waals surface area contributed by atoms with E-state index in [0.717, 1.165) is 0 Å². The Hall–Kier alpha value is -0.640. The van der Waals surface area contributed by atoms with E-state index in [4.69, 9.17) is 5.11 Å². The summed E-state index contributed by atoms with van der Waals surface area (Å²) in [6, 6.07) is 0. The minimum Gasteiger partial charge on any atom is -0.371 e. The molecule has 1 fully saturated rings. The third-order valence-corrected chi connectivity index (χ3v) is 1.30. The van der Waals surface area contributed by atoms with Crippen molar-refractivity contribution in [2.24, 2.45) is 0 Å². The molecular formula is C5H8FNO2. The minimum absolute atomic E-state index is 0.132. The number of rotatable bonds is 0. The first-order chi connectivity index (χ1) is 4.20. The van der Waals surface area contributed by atoms with Crippen LogP contribution in [0, 0.1) is 0 Å². The molecule has 1 amide bonds. The van der Waals surface area contributed by atoms with Gasteiger partial charge < -0.3 is 10.4 Å². The van der Waals surface area contributed by atoms with Gasteiger partial charge in [-0.1, -0.05) is 0 Å². The maximum absolute atomic E-state index is 12.3. The van der Waals surface area contributed by atoms with Crippen LogP contribution in [0.3, 0.4) is 0 Å². The molecule has 1 aliphatic rings. The minimum atomic E-state index is -1.29. The van der Waals surface area contributed by atoms with E-state index in [1.54, 1.807) is 0 Å². The Bertz CT molecular complexity index is 128. The van der Waals surface area contributed by atoms with Gasteiger partial charge in [0.25, 0.3) is 0 Å². The van der Waals surface area contributed by atoms with Gasteiger partial charge in [0.2, 0.25) is 5.91 Å². The van der Waals surface area contributed by atoms with Crippen molar-refractivity contribution in [1.29, 1.82) is 0 Å². The number of hydrogen-bond acceptors (Lipinski definition) is 2. The maximum atomic E-state index is 12.3. The quantitative estimate of drug-likeness (QED) is 0.470. The molecule has 2 unspecified atom stereocenters. The molecule has 0 spiro atoms. The van der Waals surface area contributed by atoms with Crippen molar-refractivity contribution in [3.8, 4) is 0 Å². The third kappa shape index (κ3) is 1.38. The van der Waals surface area contributed by atoms with Crippen molar-refractivity contribution in [2.75, 3.05) is 0 Å². The predicted molar refractivity (Wildman–Crippen MR) is 28.3 cm³/mol. The number of nitrogens with one attached hydrogen (secondary N) is 1. The molecule has 1 aliphatic heterocycles. The Kier molecular flexibility index (Phi) is 1.66. The van der Waals surface area contributed by atoms with E-state index >= 15 is 0 Å². The normalized spacial score (nSPS) is 36.0. The smallest absolute Gasteiger partial charge is 0.222 e. The molecule has 0 bridgehead atoms. The number of carbonyl (C=O) groups excluding carboxylic acids is 1. The summed E-state index contributed by atoms with van der Waals surface area (Å²) in [6.07, 6.45) is -2.26. The first kappa shape index (κ1) is 6.48. The molecule has 1 heterocycles. The molecule has 3 nitrogen and oxygen atoms in total. The van der Waals surface area contributed by atoms with Gasteiger partial charge in [-0.15, -0.1) is 0 Å². The molecule has 52 valence electrons. The highest BCUT2D eigenvalue weighted by atomic mass is 19.1. The first-order valence-electron chi connectivity index (χ1n) is 2.81. The van der Waals surface area contributed by atoms with Crippen molar-refractivity contribution in [2.45, 2.75) is 25.2 Å². The molecule has 0 radical (unpaired) electrons. The summed E-state index contributed by atoms with van der Waals surface area (Å²) in [6.45, 7) is 0. The summed E-state index contributed by atoms with van der Waals surface area (Å²) >= 11 is 0. The number of aliphatic hydroxyl groups is 1. The Morgan fingerprint density at radius 2 is 2.44 bits per heavy atom. The van der Waals surface area contributed by atoms with Crippen molar-refractivity contribution in [3.63, 3.8) is 0 Å². The van der Waals surface area contributed by atoms with E-state index in [0.29, 0.717) is 0 Å². The fourth-order valence-electron chi connectivity index (χ4n) is 0.754. The van der Waals surface area contributed by atoms with E-state index in [-0.39, 0.29) is 18.7 Å². The van der Waals surface area contributed by atoms with Crippen LogP contribution >= 0.6 is 0 Å². The van der Waals surface area contributed by atoms with Crippen molar-refractivity contribution in [1.82, 2.24) is 5.32 Å². The summed E-state index contributed by atoms with van der Waals surface area (Å²) in [4.78, 5) is 10.4. The van der Waals surface area contributed by atoms with Crippen molar-refractivity contribution >= 4 is 5.91 Å².